The van der Waals surface area contributed by atoms with E-state index in [4.69, 9.17) is 4.74 Å². The van der Waals surface area contributed by atoms with Crippen LogP contribution in [-0.2, 0) is 4.79 Å². The molecule has 0 saturated carbocycles. The number of hydrogen-bond acceptors (Lipinski definition) is 5. The van der Waals surface area contributed by atoms with Crippen molar-refractivity contribution >= 4 is 33.3 Å². The molecule has 4 rings (SSSR count). The Morgan fingerprint density at radius 2 is 1.83 bits per heavy atom. The molecule has 1 aliphatic heterocycles. The molecule has 0 aliphatic carbocycles. The minimum absolute atomic E-state index is 0.0274. The summed E-state index contributed by atoms with van der Waals surface area (Å²) in [7, 11) is 0. The average molecular weight is 467 g/mol. The zero-order valence-electron chi connectivity index (χ0n) is 16.7. The first kappa shape index (κ1) is 20.3. The molecule has 2 aromatic carbocycles. The van der Waals surface area contributed by atoms with E-state index in [1.807, 2.05) is 55.5 Å². The van der Waals surface area contributed by atoms with Crippen LogP contribution in [0, 0.1) is 12.8 Å². The number of ether oxygens (including phenoxy) is 1. The van der Waals surface area contributed by atoms with E-state index in [0.29, 0.717) is 11.7 Å². The van der Waals surface area contributed by atoms with Crippen LogP contribution in [0.2, 0.25) is 0 Å². The minimum Gasteiger partial charge on any atom is -0.436 e. The van der Waals surface area contributed by atoms with Gasteiger partial charge in [0, 0.05) is 41.6 Å². The second kappa shape index (κ2) is 9.26. The van der Waals surface area contributed by atoms with Crippen molar-refractivity contribution < 1.29 is 9.53 Å². The fourth-order valence-electron chi connectivity index (χ4n) is 3.53. The summed E-state index contributed by atoms with van der Waals surface area (Å²) in [5.74, 6) is 1.95. The van der Waals surface area contributed by atoms with Gasteiger partial charge in [0.25, 0.3) is 5.88 Å². The molecule has 1 aromatic heterocycles. The van der Waals surface area contributed by atoms with E-state index in [1.54, 1.807) is 12.4 Å². The number of carbonyl (C=O) groups excluding carboxylic acids is 1. The number of benzene rings is 2. The number of aromatic nitrogens is 2. The molecule has 1 N–H and O–H groups in total. The molecular formula is C23H23BrN4O2. The highest BCUT2D eigenvalue weighted by molar-refractivity contribution is 9.10. The van der Waals surface area contributed by atoms with Gasteiger partial charge in [0.1, 0.15) is 5.75 Å². The Hall–Kier alpha value is -2.93. The first-order chi connectivity index (χ1) is 14.6. The highest BCUT2D eigenvalue weighted by Gasteiger charge is 2.27. The normalized spacial score (nSPS) is 14.4. The molecule has 1 fully saturated rings. The highest BCUT2D eigenvalue weighted by Crippen LogP contribution is 2.31. The average Bonchev–Trinajstić information content (AvgIpc) is 2.77. The van der Waals surface area contributed by atoms with Gasteiger partial charge >= 0.3 is 0 Å². The van der Waals surface area contributed by atoms with Crippen molar-refractivity contribution in [3.63, 3.8) is 0 Å². The van der Waals surface area contributed by atoms with Gasteiger partial charge in [-0.15, -0.1) is 0 Å². The lowest BCUT2D eigenvalue weighted by molar-refractivity contribution is -0.120. The number of aryl methyl sites for hydroxylation is 1. The molecule has 0 radical (unpaired) electrons. The van der Waals surface area contributed by atoms with Crippen LogP contribution >= 0.6 is 15.9 Å². The first-order valence-corrected chi connectivity index (χ1v) is 10.8. The van der Waals surface area contributed by atoms with Gasteiger partial charge in [0.2, 0.25) is 5.91 Å². The SMILES string of the molecule is Cc1cc(NC(=O)C2CCN(c3nccnc3Oc3ccccc3)CC2)ccc1Br. The van der Waals surface area contributed by atoms with E-state index in [1.165, 1.54) is 0 Å². The Morgan fingerprint density at radius 1 is 1.10 bits per heavy atom. The third kappa shape index (κ3) is 4.79. The molecule has 2 heterocycles. The van der Waals surface area contributed by atoms with Gasteiger partial charge in [-0.3, -0.25) is 4.79 Å². The van der Waals surface area contributed by atoms with Crippen LogP contribution in [0.15, 0.2) is 65.4 Å². The van der Waals surface area contributed by atoms with Crippen LogP contribution in [0.25, 0.3) is 0 Å². The van der Waals surface area contributed by atoms with Crippen molar-refractivity contribution in [2.24, 2.45) is 5.92 Å². The van der Waals surface area contributed by atoms with Gasteiger partial charge in [-0.2, -0.15) is 0 Å². The maximum absolute atomic E-state index is 12.7. The summed E-state index contributed by atoms with van der Waals surface area (Å²) < 4.78 is 6.97. The van der Waals surface area contributed by atoms with Crippen molar-refractivity contribution in [3.8, 4) is 11.6 Å². The minimum atomic E-state index is -0.0274. The maximum Gasteiger partial charge on any atom is 0.263 e. The molecule has 0 unspecified atom stereocenters. The summed E-state index contributed by atoms with van der Waals surface area (Å²) in [5, 5.41) is 3.05. The second-order valence-corrected chi connectivity index (χ2v) is 8.17. The number of hydrogen-bond donors (Lipinski definition) is 1. The van der Waals surface area contributed by atoms with E-state index in [0.717, 1.165) is 47.4 Å². The summed E-state index contributed by atoms with van der Waals surface area (Å²) >= 11 is 3.49. The van der Waals surface area contributed by atoms with E-state index in [2.05, 4.69) is 36.1 Å². The molecule has 7 heteroatoms. The summed E-state index contributed by atoms with van der Waals surface area (Å²) in [6.07, 6.45) is 4.80. The predicted molar refractivity (Wildman–Crippen MR) is 121 cm³/mol. The van der Waals surface area contributed by atoms with Crippen molar-refractivity contribution in [2.45, 2.75) is 19.8 Å². The van der Waals surface area contributed by atoms with Crippen molar-refractivity contribution in [3.05, 3.63) is 71.0 Å². The van der Waals surface area contributed by atoms with Gasteiger partial charge in [-0.05, 0) is 55.7 Å². The number of anilines is 2. The molecule has 3 aromatic rings. The molecular weight excluding hydrogens is 444 g/mol. The van der Waals surface area contributed by atoms with Gasteiger partial charge < -0.3 is 15.0 Å². The smallest absolute Gasteiger partial charge is 0.263 e. The number of carbonyl (C=O) groups is 1. The largest absolute Gasteiger partial charge is 0.436 e. The van der Waals surface area contributed by atoms with Crippen molar-refractivity contribution in [1.29, 1.82) is 0 Å². The number of nitrogens with zero attached hydrogens (tertiary/aromatic N) is 3. The third-order valence-corrected chi connectivity index (χ3v) is 6.08. The number of rotatable bonds is 5. The zero-order chi connectivity index (χ0) is 20.9. The Labute approximate surface area is 184 Å². The lowest BCUT2D eigenvalue weighted by atomic mass is 9.95. The van der Waals surface area contributed by atoms with E-state index in [9.17, 15) is 4.79 Å². The molecule has 0 spiro atoms. The third-order valence-electron chi connectivity index (χ3n) is 5.20. The number of nitrogens with one attached hydrogen (secondary N) is 1. The molecule has 0 atom stereocenters. The van der Waals surface area contributed by atoms with Crippen molar-refractivity contribution in [2.75, 3.05) is 23.3 Å². The molecule has 30 heavy (non-hydrogen) atoms. The zero-order valence-corrected chi connectivity index (χ0v) is 18.3. The fourth-order valence-corrected chi connectivity index (χ4v) is 3.77. The van der Waals surface area contributed by atoms with Gasteiger partial charge in [-0.25, -0.2) is 9.97 Å². The number of halogens is 1. The van der Waals surface area contributed by atoms with E-state index < -0.39 is 0 Å². The monoisotopic (exact) mass is 466 g/mol. The van der Waals surface area contributed by atoms with Crippen LogP contribution in [0.5, 0.6) is 11.6 Å². The highest BCUT2D eigenvalue weighted by atomic mass is 79.9. The van der Waals surface area contributed by atoms with Gasteiger partial charge in [0.15, 0.2) is 5.82 Å². The second-order valence-electron chi connectivity index (χ2n) is 7.31. The Kier molecular flexibility index (Phi) is 6.28. The van der Waals surface area contributed by atoms with Crippen LogP contribution in [0.4, 0.5) is 11.5 Å². The Morgan fingerprint density at radius 3 is 2.57 bits per heavy atom. The number of para-hydroxylation sites is 1. The van der Waals surface area contributed by atoms with E-state index in [-0.39, 0.29) is 11.8 Å². The molecule has 0 bridgehead atoms. The van der Waals surface area contributed by atoms with Gasteiger partial charge in [0.05, 0.1) is 0 Å². The van der Waals surface area contributed by atoms with Crippen LogP contribution in [0.3, 0.4) is 0 Å². The lowest BCUT2D eigenvalue weighted by Crippen LogP contribution is -2.38. The standard InChI is InChI=1S/C23H23BrN4O2/c1-16-15-18(7-8-20(16)24)27-22(29)17-9-13-28(14-10-17)21-23(26-12-11-25-21)30-19-5-3-2-4-6-19/h2-8,11-12,15,17H,9-10,13-14H2,1H3,(H,27,29). The molecule has 1 amide bonds. The summed E-state index contributed by atoms with van der Waals surface area (Å²) in [5.41, 5.74) is 1.92. The number of amides is 1. The van der Waals surface area contributed by atoms with Crippen LogP contribution in [0.1, 0.15) is 18.4 Å². The van der Waals surface area contributed by atoms with Crippen LogP contribution < -0.4 is 15.0 Å². The number of piperidine rings is 1. The summed E-state index contributed by atoms with van der Waals surface area (Å²) in [6.45, 7) is 3.46. The molecule has 6 nitrogen and oxygen atoms in total. The summed E-state index contributed by atoms with van der Waals surface area (Å²) in [6, 6.07) is 15.4. The Bertz CT molecular complexity index is 1020. The Balaban J connectivity index is 1.39. The molecule has 1 aliphatic rings. The quantitative estimate of drug-likeness (QED) is 0.559. The molecule has 1 saturated heterocycles. The lowest BCUT2D eigenvalue weighted by Gasteiger charge is -2.32. The maximum atomic E-state index is 12.7. The fraction of sp³-hybridized carbons (Fsp3) is 0.261. The first-order valence-electron chi connectivity index (χ1n) is 9.96. The van der Waals surface area contributed by atoms with E-state index >= 15 is 0 Å². The van der Waals surface area contributed by atoms with Gasteiger partial charge in [-0.1, -0.05) is 34.1 Å². The predicted octanol–water partition coefficient (Wildman–Crippen LogP) is 5.19. The topological polar surface area (TPSA) is 67.4 Å². The summed E-state index contributed by atoms with van der Waals surface area (Å²) in [4.78, 5) is 23.7. The van der Waals surface area contributed by atoms with Crippen molar-refractivity contribution in [1.82, 2.24) is 9.97 Å². The van der Waals surface area contributed by atoms with Crippen LogP contribution in [-0.4, -0.2) is 29.0 Å². The molecule has 154 valence electrons.